The summed E-state index contributed by atoms with van der Waals surface area (Å²) in [5.74, 6) is 0.232. The van der Waals surface area contributed by atoms with E-state index in [1.807, 2.05) is 39.0 Å². The molecule has 19 heavy (non-hydrogen) atoms. The number of hydrogen-bond donors (Lipinski definition) is 1. The Hall–Kier alpha value is -1.35. The largest absolute Gasteiger partial charge is 0.460 e. The fraction of sp³-hybridized carbons (Fsp3) is 0.562. The predicted molar refractivity (Wildman–Crippen MR) is 75.8 cm³/mol. The molecule has 1 heterocycles. The third kappa shape index (κ3) is 4.06. The normalized spacial score (nSPS) is 23.3. The molecular weight excluding hydrogens is 238 g/mol. The van der Waals surface area contributed by atoms with E-state index in [1.165, 1.54) is 5.56 Å². The fourth-order valence-electron chi connectivity index (χ4n) is 2.52. The van der Waals surface area contributed by atoms with Crippen molar-refractivity contribution in [3.8, 4) is 0 Å². The van der Waals surface area contributed by atoms with Crippen LogP contribution in [0.4, 0.5) is 0 Å². The third-order valence-electron chi connectivity index (χ3n) is 3.39. The molecule has 0 radical (unpaired) electrons. The highest BCUT2D eigenvalue weighted by Crippen LogP contribution is 2.24. The molecule has 0 saturated carbocycles. The van der Waals surface area contributed by atoms with Crippen molar-refractivity contribution in [2.24, 2.45) is 11.8 Å². The van der Waals surface area contributed by atoms with Crippen LogP contribution in [0, 0.1) is 11.8 Å². The summed E-state index contributed by atoms with van der Waals surface area (Å²) < 4.78 is 5.51. The van der Waals surface area contributed by atoms with Crippen LogP contribution in [-0.2, 0) is 16.0 Å². The molecule has 0 aliphatic carbocycles. The summed E-state index contributed by atoms with van der Waals surface area (Å²) in [7, 11) is 0. The zero-order valence-corrected chi connectivity index (χ0v) is 12.0. The van der Waals surface area contributed by atoms with Gasteiger partial charge in [-0.2, -0.15) is 0 Å². The van der Waals surface area contributed by atoms with Gasteiger partial charge < -0.3 is 10.1 Å². The first kappa shape index (κ1) is 14.1. The van der Waals surface area contributed by atoms with Crippen molar-refractivity contribution in [2.75, 3.05) is 13.1 Å². The Morgan fingerprint density at radius 3 is 2.58 bits per heavy atom. The second-order valence-electron chi connectivity index (χ2n) is 6.25. The van der Waals surface area contributed by atoms with Crippen molar-refractivity contribution in [1.82, 2.24) is 5.32 Å². The molecule has 0 aromatic heterocycles. The lowest BCUT2D eigenvalue weighted by Gasteiger charge is -2.24. The Balaban J connectivity index is 1.99. The van der Waals surface area contributed by atoms with Crippen LogP contribution in [0.25, 0.3) is 0 Å². The van der Waals surface area contributed by atoms with Crippen LogP contribution in [-0.4, -0.2) is 24.7 Å². The van der Waals surface area contributed by atoms with Crippen molar-refractivity contribution >= 4 is 5.97 Å². The number of carbonyl (C=O) groups excluding carboxylic acids is 1. The molecule has 2 atom stereocenters. The summed E-state index contributed by atoms with van der Waals surface area (Å²) >= 11 is 0. The molecule has 104 valence electrons. The Bertz CT molecular complexity index is 422. The van der Waals surface area contributed by atoms with Crippen LogP contribution >= 0.6 is 0 Å². The molecule has 1 aliphatic rings. The highest BCUT2D eigenvalue weighted by Gasteiger charge is 2.35. The summed E-state index contributed by atoms with van der Waals surface area (Å²) in [6, 6.07) is 10.3. The minimum atomic E-state index is -0.406. The number of rotatable bonds is 3. The van der Waals surface area contributed by atoms with E-state index in [4.69, 9.17) is 4.74 Å². The second kappa shape index (κ2) is 5.74. The highest BCUT2D eigenvalue weighted by atomic mass is 16.6. The SMILES string of the molecule is CC(C)(C)OC(=O)[C@@H]1CNC[C@H]1Cc1ccccc1. The minimum absolute atomic E-state index is 0.0283. The fourth-order valence-corrected chi connectivity index (χ4v) is 2.52. The lowest BCUT2D eigenvalue weighted by molar-refractivity contribution is -0.160. The molecule has 0 bridgehead atoms. The van der Waals surface area contributed by atoms with Crippen molar-refractivity contribution < 1.29 is 9.53 Å². The average molecular weight is 261 g/mol. The molecule has 1 fully saturated rings. The van der Waals surface area contributed by atoms with Gasteiger partial charge in [-0.25, -0.2) is 0 Å². The zero-order chi connectivity index (χ0) is 13.9. The minimum Gasteiger partial charge on any atom is -0.460 e. The summed E-state index contributed by atoms with van der Waals surface area (Å²) in [6.07, 6.45) is 0.928. The Morgan fingerprint density at radius 2 is 1.95 bits per heavy atom. The average Bonchev–Trinajstić information content (AvgIpc) is 2.76. The van der Waals surface area contributed by atoms with Crippen LogP contribution in [0.1, 0.15) is 26.3 Å². The molecule has 0 unspecified atom stereocenters. The first-order chi connectivity index (χ1) is 8.96. The number of hydrogen-bond acceptors (Lipinski definition) is 3. The van der Waals surface area contributed by atoms with Crippen molar-refractivity contribution in [2.45, 2.75) is 32.8 Å². The Kier molecular flexibility index (Phi) is 4.25. The van der Waals surface area contributed by atoms with Gasteiger partial charge in [0.1, 0.15) is 5.60 Å². The predicted octanol–water partition coefficient (Wildman–Crippen LogP) is 2.41. The first-order valence-corrected chi connectivity index (χ1v) is 6.93. The van der Waals surface area contributed by atoms with Crippen molar-refractivity contribution in [1.29, 1.82) is 0 Å². The maximum atomic E-state index is 12.2. The van der Waals surface area contributed by atoms with Gasteiger partial charge in [-0.1, -0.05) is 30.3 Å². The molecule has 0 amide bonds. The van der Waals surface area contributed by atoms with Crippen molar-refractivity contribution in [3.63, 3.8) is 0 Å². The van der Waals surface area contributed by atoms with Crippen LogP contribution in [0.3, 0.4) is 0 Å². The zero-order valence-electron chi connectivity index (χ0n) is 12.0. The van der Waals surface area contributed by atoms with Gasteiger partial charge >= 0.3 is 5.97 Å². The van der Waals surface area contributed by atoms with E-state index in [0.717, 1.165) is 19.5 Å². The van der Waals surface area contributed by atoms with Gasteiger partial charge in [-0.05, 0) is 45.2 Å². The first-order valence-electron chi connectivity index (χ1n) is 6.93. The lowest BCUT2D eigenvalue weighted by Crippen LogP contribution is -2.32. The van der Waals surface area contributed by atoms with E-state index in [0.29, 0.717) is 5.92 Å². The molecule has 2 rings (SSSR count). The maximum absolute atomic E-state index is 12.2. The monoisotopic (exact) mass is 261 g/mol. The van der Waals surface area contributed by atoms with Gasteiger partial charge in [0.25, 0.3) is 0 Å². The number of nitrogens with one attached hydrogen (secondary N) is 1. The van der Waals surface area contributed by atoms with E-state index in [2.05, 4.69) is 17.4 Å². The number of ether oxygens (including phenoxy) is 1. The molecule has 1 aromatic rings. The van der Waals surface area contributed by atoms with Gasteiger partial charge in [-0.3, -0.25) is 4.79 Å². The number of carbonyl (C=O) groups is 1. The number of esters is 1. The molecule has 3 nitrogen and oxygen atoms in total. The molecule has 1 saturated heterocycles. The smallest absolute Gasteiger partial charge is 0.311 e. The molecule has 1 aromatic carbocycles. The molecule has 0 spiro atoms. The van der Waals surface area contributed by atoms with E-state index in [-0.39, 0.29) is 11.9 Å². The van der Waals surface area contributed by atoms with Crippen LogP contribution in [0.5, 0.6) is 0 Å². The summed E-state index contributed by atoms with van der Waals surface area (Å²) in [5, 5.41) is 3.31. The van der Waals surface area contributed by atoms with Gasteiger partial charge in [0.2, 0.25) is 0 Å². The number of benzene rings is 1. The molecule has 1 aliphatic heterocycles. The third-order valence-corrected chi connectivity index (χ3v) is 3.39. The summed E-state index contributed by atoms with van der Waals surface area (Å²) in [5.41, 5.74) is 0.876. The van der Waals surface area contributed by atoms with Gasteiger partial charge in [-0.15, -0.1) is 0 Å². The highest BCUT2D eigenvalue weighted by molar-refractivity contribution is 5.74. The Morgan fingerprint density at radius 1 is 1.26 bits per heavy atom. The standard InChI is InChI=1S/C16H23NO2/c1-16(2,3)19-15(18)14-11-17-10-13(14)9-12-7-5-4-6-8-12/h4-8,13-14,17H,9-11H2,1-3H3/t13-,14-/m1/s1. The van der Waals surface area contributed by atoms with Gasteiger partial charge in [0.15, 0.2) is 0 Å². The Labute approximate surface area is 115 Å². The second-order valence-corrected chi connectivity index (χ2v) is 6.25. The van der Waals surface area contributed by atoms with Crippen molar-refractivity contribution in [3.05, 3.63) is 35.9 Å². The van der Waals surface area contributed by atoms with E-state index >= 15 is 0 Å². The molecule has 1 N–H and O–H groups in total. The van der Waals surface area contributed by atoms with Crippen LogP contribution in [0.2, 0.25) is 0 Å². The van der Waals surface area contributed by atoms with E-state index in [1.54, 1.807) is 0 Å². The van der Waals surface area contributed by atoms with E-state index < -0.39 is 5.60 Å². The quantitative estimate of drug-likeness (QED) is 0.849. The van der Waals surface area contributed by atoms with Gasteiger partial charge in [0, 0.05) is 6.54 Å². The lowest BCUT2D eigenvalue weighted by atomic mass is 9.89. The summed E-state index contributed by atoms with van der Waals surface area (Å²) in [4.78, 5) is 12.2. The maximum Gasteiger partial charge on any atom is 0.311 e. The summed E-state index contributed by atoms with van der Waals surface area (Å²) in [6.45, 7) is 7.36. The molecule has 3 heteroatoms. The van der Waals surface area contributed by atoms with Crippen LogP contribution in [0.15, 0.2) is 30.3 Å². The van der Waals surface area contributed by atoms with E-state index in [9.17, 15) is 4.79 Å². The topological polar surface area (TPSA) is 38.3 Å². The van der Waals surface area contributed by atoms with Gasteiger partial charge in [0.05, 0.1) is 5.92 Å². The van der Waals surface area contributed by atoms with Crippen LogP contribution < -0.4 is 5.32 Å². The molecular formula is C16H23NO2.